The van der Waals surface area contributed by atoms with Gasteiger partial charge in [0.25, 0.3) is 0 Å². The van der Waals surface area contributed by atoms with E-state index in [1.54, 1.807) is 11.3 Å². The Labute approximate surface area is 94.7 Å². The van der Waals surface area contributed by atoms with E-state index in [1.165, 1.54) is 12.0 Å². The van der Waals surface area contributed by atoms with Gasteiger partial charge in [-0.3, -0.25) is 9.69 Å². The Hall–Kier alpha value is -0.870. The smallest absolute Gasteiger partial charge is 0.322 e. The molecule has 0 aromatic carbocycles. The maximum Gasteiger partial charge on any atom is 0.322 e. The lowest BCUT2D eigenvalue weighted by Crippen LogP contribution is -2.38. The summed E-state index contributed by atoms with van der Waals surface area (Å²) in [5, 5.41) is 2.04. The molecule has 2 atom stereocenters. The molecule has 0 radical (unpaired) electrons. The normalized spacial score (nSPS) is 15.0. The van der Waals surface area contributed by atoms with Gasteiger partial charge in [0, 0.05) is 10.9 Å². The fourth-order valence-corrected chi connectivity index (χ4v) is 2.24. The quantitative estimate of drug-likeness (QED) is 0.739. The van der Waals surface area contributed by atoms with E-state index in [0.717, 1.165) is 0 Å². The summed E-state index contributed by atoms with van der Waals surface area (Å²) in [4.78, 5) is 14.6. The molecule has 1 aromatic rings. The van der Waals surface area contributed by atoms with Crippen LogP contribution in [0.25, 0.3) is 0 Å². The second-order valence-electron chi connectivity index (χ2n) is 3.56. The van der Waals surface area contributed by atoms with Crippen LogP contribution in [-0.4, -0.2) is 31.1 Å². The van der Waals surface area contributed by atoms with Crippen molar-refractivity contribution in [1.82, 2.24) is 4.90 Å². The second kappa shape index (κ2) is 5.28. The van der Waals surface area contributed by atoms with Gasteiger partial charge in [-0.25, -0.2) is 0 Å². The lowest BCUT2D eigenvalue weighted by Gasteiger charge is -2.28. The van der Waals surface area contributed by atoms with E-state index in [-0.39, 0.29) is 18.1 Å². The largest absolute Gasteiger partial charge is 0.468 e. The van der Waals surface area contributed by atoms with E-state index >= 15 is 0 Å². The maximum atomic E-state index is 11.4. The van der Waals surface area contributed by atoms with Gasteiger partial charge in [0.1, 0.15) is 6.04 Å². The minimum atomic E-state index is -0.216. The molecule has 0 aliphatic rings. The molecule has 0 aliphatic heterocycles. The zero-order valence-electron chi connectivity index (χ0n) is 9.56. The molecule has 1 rings (SSSR count). The number of methoxy groups -OCH3 is 1. The van der Waals surface area contributed by atoms with Crippen LogP contribution in [0.2, 0.25) is 0 Å². The number of carbonyl (C=O) groups is 1. The van der Waals surface area contributed by atoms with Crippen LogP contribution in [0.5, 0.6) is 0 Å². The maximum absolute atomic E-state index is 11.4. The van der Waals surface area contributed by atoms with Crippen LogP contribution in [0.1, 0.15) is 24.8 Å². The van der Waals surface area contributed by atoms with Crippen molar-refractivity contribution in [2.24, 2.45) is 0 Å². The summed E-state index contributed by atoms with van der Waals surface area (Å²) >= 11 is 1.70. The fraction of sp³-hybridized carbons (Fsp3) is 0.545. The monoisotopic (exact) mass is 227 g/mol. The third-order valence-electron chi connectivity index (χ3n) is 2.72. The Balaban J connectivity index is 2.68. The van der Waals surface area contributed by atoms with E-state index in [2.05, 4.69) is 13.0 Å². The number of thiophene rings is 1. The summed E-state index contributed by atoms with van der Waals surface area (Å²) in [5.74, 6) is -0.194. The Bertz CT molecular complexity index is 310. The van der Waals surface area contributed by atoms with Gasteiger partial charge in [-0.1, -0.05) is 6.07 Å². The van der Waals surface area contributed by atoms with Crippen molar-refractivity contribution in [2.45, 2.75) is 25.9 Å². The number of carbonyl (C=O) groups excluding carboxylic acids is 1. The Kier molecular flexibility index (Phi) is 4.29. The van der Waals surface area contributed by atoms with Crippen LogP contribution >= 0.6 is 11.3 Å². The van der Waals surface area contributed by atoms with Gasteiger partial charge in [-0.05, 0) is 32.3 Å². The first-order chi connectivity index (χ1) is 7.07. The highest BCUT2D eigenvalue weighted by Gasteiger charge is 2.23. The van der Waals surface area contributed by atoms with Crippen LogP contribution in [0, 0.1) is 0 Å². The highest BCUT2D eigenvalue weighted by molar-refractivity contribution is 7.10. The van der Waals surface area contributed by atoms with Crippen molar-refractivity contribution < 1.29 is 9.53 Å². The highest BCUT2D eigenvalue weighted by Crippen LogP contribution is 2.24. The molecule has 0 spiro atoms. The number of hydrogen-bond acceptors (Lipinski definition) is 4. The topological polar surface area (TPSA) is 29.5 Å². The van der Waals surface area contributed by atoms with Gasteiger partial charge in [0.05, 0.1) is 7.11 Å². The van der Waals surface area contributed by atoms with Crippen LogP contribution < -0.4 is 0 Å². The van der Waals surface area contributed by atoms with E-state index in [4.69, 9.17) is 4.74 Å². The standard InChI is InChI=1S/C11H17NO2S/c1-8(10-6-5-7-15-10)12(3)9(2)11(13)14-4/h5-9H,1-4H3. The number of nitrogens with zero attached hydrogens (tertiary/aromatic N) is 1. The van der Waals surface area contributed by atoms with E-state index in [0.29, 0.717) is 0 Å². The van der Waals surface area contributed by atoms with Gasteiger partial charge < -0.3 is 4.74 Å². The molecule has 0 N–H and O–H groups in total. The first-order valence-corrected chi connectivity index (χ1v) is 5.79. The third kappa shape index (κ3) is 2.79. The molecule has 0 saturated carbocycles. The summed E-state index contributed by atoms with van der Waals surface area (Å²) < 4.78 is 4.72. The second-order valence-corrected chi connectivity index (χ2v) is 4.54. The molecule has 0 aliphatic carbocycles. The molecule has 0 fully saturated rings. The molecule has 0 amide bonds. The molecule has 15 heavy (non-hydrogen) atoms. The first-order valence-electron chi connectivity index (χ1n) is 4.91. The number of hydrogen-bond donors (Lipinski definition) is 0. The van der Waals surface area contributed by atoms with Crippen molar-refractivity contribution in [3.05, 3.63) is 22.4 Å². The molecule has 1 heterocycles. The first kappa shape index (κ1) is 12.2. The molecule has 4 heteroatoms. The summed E-state index contributed by atoms with van der Waals surface area (Å²) in [5.41, 5.74) is 0. The van der Waals surface area contributed by atoms with Crippen LogP contribution in [0.15, 0.2) is 17.5 Å². The molecular formula is C11H17NO2S. The minimum Gasteiger partial charge on any atom is -0.468 e. The highest BCUT2D eigenvalue weighted by atomic mass is 32.1. The van der Waals surface area contributed by atoms with Gasteiger partial charge in [0.2, 0.25) is 0 Å². The number of ether oxygens (including phenoxy) is 1. The van der Waals surface area contributed by atoms with Gasteiger partial charge >= 0.3 is 5.97 Å². The molecule has 84 valence electrons. The predicted octanol–water partition coefficient (Wildman–Crippen LogP) is 2.30. The zero-order chi connectivity index (χ0) is 11.4. The molecule has 0 bridgehead atoms. The zero-order valence-corrected chi connectivity index (χ0v) is 10.4. The lowest BCUT2D eigenvalue weighted by atomic mass is 10.2. The summed E-state index contributed by atoms with van der Waals surface area (Å²) in [6, 6.07) is 4.12. The molecule has 0 saturated heterocycles. The minimum absolute atomic E-state index is 0.194. The Morgan fingerprint density at radius 3 is 2.67 bits per heavy atom. The molecule has 2 unspecified atom stereocenters. The summed E-state index contributed by atoms with van der Waals surface area (Å²) in [6.07, 6.45) is 0. The van der Waals surface area contributed by atoms with E-state index < -0.39 is 0 Å². The molecule has 1 aromatic heterocycles. The Morgan fingerprint density at radius 2 is 2.20 bits per heavy atom. The van der Waals surface area contributed by atoms with Crippen molar-refractivity contribution >= 4 is 17.3 Å². The Morgan fingerprint density at radius 1 is 1.53 bits per heavy atom. The number of rotatable bonds is 4. The summed E-state index contributed by atoms with van der Waals surface area (Å²) in [7, 11) is 3.36. The third-order valence-corrected chi connectivity index (χ3v) is 3.76. The van der Waals surface area contributed by atoms with Gasteiger partial charge in [-0.2, -0.15) is 0 Å². The summed E-state index contributed by atoms with van der Waals surface area (Å²) in [6.45, 7) is 3.95. The predicted molar refractivity (Wildman–Crippen MR) is 62.0 cm³/mol. The van der Waals surface area contributed by atoms with E-state index in [1.807, 2.05) is 30.3 Å². The van der Waals surface area contributed by atoms with Gasteiger partial charge in [-0.15, -0.1) is 11.3 Å². The average molecular weight is 227 g/mol. The number of esters is 1. The molecular weight excluding hydrogens is 210 g/mol. The van der Waals surface area contributed by atoms with Crippen molar-refractivity contribution in [3.63, 3.8) is 0 Å². The SMILES string of the molecule is COC(=O)C(C)N(C)C(C)c1cccs1. The lowest BCUT2D eigenvalue weighted by molar-refractivity contribution is -0.146. The van der Waals surface area contributed by atoms with Crippen molar-refractivity contribution in [2.75, 3.05) is 14.2 Å². The number of likely N-dealkylation sites (N-methyl/N-ethyl adjacent to an activating group) is 1. The van der Waals surface area contributed by atoms with Crippen LogP contribution in [0.3, 0.4) is 0 Å². The van der Waals surface area contributed by atoms with Crippen LogP contribution in [-0.2, 0) is 9.53 Å². The fourth-order valence-electron chi connectivity index (χ4n) is 1.40. The van der Waals surface area contributed by atoms with E-state index in [9.17, 15) is 4.79 Å². The van der Waals surface area contributed by atoms with Crippen molar-refractivity contribution in [3.8, 4) is 0 Å². The van der Waals surface area contributed by atoms with Crippen molar-refractivity contribution in [1.29, 1.82) is 0 Å². The van der Waals surface area contributed by atoms with Crippen LogP contribution in [0.4, 0.5) is 0 Å². The van der Waals surface area contributed by atoms with Gasteiger partial charge in [0.15, 0.2) is 0 Å². The molecule has 3 nitrogen and oxygen atoms in total. The average Bonchev–Trinajstić information content (AvgIpc) is 2.78.